The van der Waals surface area contributed by atoms with Crippen LogP contribution in [0.2, 0.25) is 10.0 Å². The second-order valence-electron chi connectivity index (χ2n) is 5.78. The van der Waals surface area contributed by atoms with Gasteiger partial charge in [-0.15, -0.1) is 0 Å². The highest BCUT2D eigenvalue weighted by molar-refractivity contribution is 7.90. The molecule has 1 aliphatic rings. The first-order valence-corrected chi connectivity index (χ1v) is 9.53. The van der Waals surface area contributed by atoms with Gasteiger partial charge in [-0.1, -0.05) is 29.3 Å². The van der Waals surface area contributed by atoms with E-state index in [9.17, 15) is 21.6 Å². The molecular weight excluding hydrogens is 388 g/mol. The summed E-state index contributed by atoms with van der Waals surface area (Å²) in [6.45, 7) is 1.01. The molecule has 0 amide bonds. The molecule has 2 N–H and O–H groups in total. The van der Waals surface area contributed by atoms with E-state index in [-0.39, 0.29) is 13.0 Å². The molecule has 0 bridgehead atoms. The average molecular weight is 405 g/mol. The minimum atomic E-state index is -5.34. The molecule has 10 heteroatoms. The van der Waals surface area contributed by atoms with Crippen molar-refractivity contribution in [3.8, 4) is 0 Å². The maximum Gasteiger partial charge on any atom is 0.511 e. The zero-order chi connectivity index (χ0) is 18.0. The molecule has 0 aromatic heterocycles. The van der Waals surface area contributed by atoms with Gasteiger partial charge in [0.15, 0.2) is 0 Å². The standard InChI is InChI=1S/C14H17Cl2F3N2O2S/c15-11-3-2-10(8-12(11)16)13(4-1-6-20-9-13)5-7-21-24(22,23)14(17,18)19/h2-3,8,20-21H,1,4-7,9H2. The molecule has 0 radical (unpaired) electrons. The Bertz CT molecular complexity index is 690. The van der Waals surface area contributed by atoms with Gasteiger partial charge in [0.1, 0.15) is 0 Å². The quantitative estimate of drug-likeness (QED) is 0.789. The molecule has 24 heavy (non-hydrogen) atoms. The number of halogens is 5. The van der Waals surface area contributed by atoms with E-state index in [0.29, 0.717) is 23.0 Å². The Kier molecular flexibility index (Phi) is 6.08. The van der Waals surface area contributed by atoms with Crippen LogP contribution in [0.4, 0.5) is 13.2 Å². The van der Waals surface area contributed by atoms with Crippen molar-refractivity contribution in [1.82, 2.24) is 10.0 Å². The predicted molar refractivity (Wildman–Crippen MR) is 87.8 cm³/mol. The molecule has 1 aromatic carbocycles. The van der Waals surface area contributed by atoms with Crippen molar-refractivity contribution < 1.29 is 21.6 Å². The Morgan fingerprint density at radius 1 is 1.25 bits per heavy atom. The fourth-order valence-electron chi connectivity index (χ4n) is 2.90. The molecule has 0 spiro atoms. The Labute approximate surface area is 148 Å². The molecule has 1 fully saturated rings. The van der Waals surface area contributed by atoms with Crippen LogP contribution in [0.3, 0.4) is 0 Å². The summed E-state index contributed by atoms with van der Waals surface area (Å²) >= 11 is 12.0. The van der Waals surface area contributed by atoms with E-state index in [1.165, 1.54) is 0 Å². The maximum atomic E-state index is 12.4. The van der Waals surface area contributed by atoms with Crippen LogP contribution in [-0.4, -0.2) is 33.6 Å². The van der Waals surface area contributed by atoms with Crippen molar-refractivity contribution in [1.29, 1.82) is 0 Å². The largest absolute Gasteiger partial charge is 0.511 e. The van der Waals surface area contributed by atoms with Crippen molar-refractivity contribution in [2.45, 2.75) is 30.2 Å². The Morgan fingerprint density at radius 3 is 2.50 bits per heavy atom. The molecule has 136 valence electrons. The minimum Gasteiger partial charge on any atom is -0.316 e. The van der Waals surface area contributed by atoms with Gasteiger partial charge in [-0.2, -0.15) is 13.2 Å². The molecule has 1 saturated heterocycles. The molecule has 2 rings (SSSR count). The lowest BCUT2D eigenvalue weighted by molar-refractivity contribution is -0.0448. The lowest BCUT2D eigenvalue weighted by Gasteiger charge is -2.38. The van der Waals surface area contributed by atoms with Crippen LogP contribution in [0, 0.1) is 0 Å². The predicted octanol–water partition coefficient (Wildman–Crippen LogP) is 3.44. The van der Waals surface area contributed by atoms with Gasteiger partial charge in [0.2, 0.25) is 0 Å². The summed E-state index contributed by atoms with van der Waals surface area (Å²) in [5.74, 6) is 0. The highest BCUT2D eigenvalue weighted by Gasteiger charge is 2.46. The Hall–Kier alpha value is -0.540. The van der Waals surface area contributed by atoms with E-state index in [1.54, 1.807) is 22.9 Å². The van der Waals surface area contributed by atoms with Crippen molar-refractivity contribution >= 4 is 33.2 Å². The molecule has 1 heterocycles. The van der Waals surface area contributed by atoms with E-state index in [1.807, 2.05) is 0 Å². The number of hydrogen-bond acceptors (Lipinski definition) is 3. The first kappa shape index (κ1) is 19.8. The minimum absolute atomic E-state index is 0.216. The number of alkyl halides is 3. The SMILES string of the molecule is O=S(=O)(NCCC1(c2ccc(Cl)c(Cl)c2)CCCNC1)C(F)(F)F. The van der Waals surface area contributed by atoms with Gasteiger partial charge in [0.25, 0.3) is 0 Å². The zero-order valence-corrected chi connectivity index (χ0v) is 14.9. The lowest BCUT2D eigenvalue weighted by Crippen LogP contribution is -2.46. The van der Waals surface area contributed by atoms with Gasteiger partial charge >= 0.3 is 15.5 Å². The molecule has 1 atom stereocenters. The van der Waals surface area contributed by atoms with Crippen LogP contribution in [0.5, 0.6) is 0 Å². The van der Waals surface area contributed by atoms with Gasteiger partial charge in [-0.3, -0.25) is 0 Å². The third kappa shape index (κ3) is 4.35. The van der Waals surface area contributed by atoms with Crippen LogP contribution < -0.4 is 10.0 Å². The second kappa shape index (κ2) is 7.37. The third-order valence-electron chi connectivity index (χ3n) is 4.20. The average Bonchev–Trinajstić information content (AvgIpc) is 2.49. The summed E-state index contributed by atoms with van der Waals surface area (Å²) in [6.07, 6.45) is 1.76. The van der Waals surface area contributed by atoms with Crippen LogP contribution >= 0.6 is 23.2 Å². The lowest BCUT2D eigenvalue weighted by atomic mass is 9.72. The van der Waals surface area contributed by atoms with Crippen molar-refractivity contribution in [3.63, 3.8) is 0 Å². The third-order valence-corrected chi connectivity index (χ3v) is 6.14. The summed E-state index contributed by atoms with van der Waals surface area (Å²) < 4.78 is 61.2. The van der Waals surface area contributed by atoms with E-state index < -0.39 is 20.9 Å². The zero-order valence-electron chi connectivity index (χ0n) is 12.6. The van der Waals surface area contributed by atoms with E-state index >= 15 is 0 Å². The molecule has 1 aromatic rings. The molecule has 4 nitrogen and oxygen atoms in total. The van der Waals surface area contributed by atoms with Crippen molar-refractivity contribution in [3.05, 3.63) is 33.8 Å². The maximum absolute atomic E-state index is 12.4. The van der Waals surface area contributed by atoms with Gasteiger partial charge < -0.3 is 5.32 Å². The summed E-state index contributed by atoms with van der Waals surface area (Å²) in [7, 11) is -5.34. The first-order valence-electron chi connectivity index (χ1n) is 7.30. The summed E-state index contributed by atoms with van der Waals surface area (Å²) in [5, 5.41) is 3.95. The fourth-order valence-corrected chi connectivity index (χ4v) is 3.74. The highest BCUT2D eigenvalue weighted by Crippen LogP contribution is 2.37. The monoisotopic (exact) mass is 404 g/mol. The van der Waals surface area contributed by atoms with Gasteiger partial charge in [-0.05, 0) is 43.5 Å². The molecule has 0 aliphatic carbocycles. The summed E-state index contributed by atoms with van der Waals surface area (Å²) in [4.78, 5) is 0. The molecule has 1 unspecified atom stereocenters. The molecule has 1 aliphatic heterocycles. The van der Waals surface area contributed by atoms with Crippen LogP contribution in [0.1, 0.15) is 24.8 Å². The first-order chi connectivity index (χ1) is 11.1. The number of benzene rings is 1. The van der Waals surface area contributed by atoms with Crippen molar-refractivity contribution in [2.75, 3.05) is 19.6 Å². The topological polar surface area (TPSA) is 58.2 Å². The summed E-state index contributed by atoms with van der Waals surface area (Å²) in [6, 6.07) is 5.10. The Morgan fingerprint density at radius 2 is 1.96 bits per heavy atom. The number of rotatable bonds is 5. The molecular formula is C14H17Cl2F3N2O2S. The van der Waals surface area contributed by atoms with Gasteiger partial charge in [0.05, 0.1) is 10.0 Å². The number of piperidine rings is 1. The Balaban J connectivity index is 2.18. The van der Waals surface area contributed by atoms with E-state index in [2.05, 4.69) is 5.32 Å². The fraction of sp³-hybridized carbons (Fsp3) is 0.571. The van der Waals surface area contributed by atoms with Gasteiger partial charge in [-0.25, -0.2) is 13.1 Å². The second-order valence-corrected chi connectivity index (χ2v) is 8.36. The van der Waals surface area contributed by atoms with Crippen molar-refractivity contribution in [2.24, 2.45) is 0 Å². The number of sulfonamides is 1. The number of hydrogen-bond donors (Lipinski definition) is 2. The highest BCUT2D eigenvalue weighted by atomic mass is 35.5. The van der Waals surface area contributed by atoms with Crippen LogP contribution in [0.15, 0.2) is 18.2 Å². The van der Waals surface area contributed by atoms with E-state index in [0.717, 1.165) is 18.5 Å². The smallest absolute Gasteiger partial charge is 0.316 e. The van der Waals surface area contributed by atoms with Gasteiger partial charge in [0, 0.05) is 18.5 Å². The van der Waals surface area contributed by atoms with E-state index in [4.69, 9.17) is 23.2 Å². The van der Waals surface area contributed by atoms with Crippen LogP contribution in [-0.2, 0) is 15.4 Å². The molecule has 0 saturated carbocycles. The van der Waals surface area contributed by atoms with Crippen LogP contribution in [0.25, 0.3) is 0 Å². The number of nitrogens with one attached hydrogen (secondary N) is 2. The normalized spacial score (nSPS) is 22.5. The summed E-state index contributed by atoms with van der Waals surface area (Å²) in [5.41, 5.74) is -4.98.